The van der Waals surface area contributed by atoms with Crippen molar-refractivity contribution in [2.24, 2.45) is 5.10 Å². The molecule has 1 aromatic carbocycles. The van der Waals surface area contributed by atoms with Crippen molar-refractivity contribution in [2.45, 2.75) is 19.8 Å². The summed E-state index contributed by atoms with van der Waals surface area (Å²) in [6.07, 6.45) is 1.55. The van der Waals surface area contributed by atoms with Crippen LogP contribution in [0.1, 0.15) is 29.4 Å². The summed E-state index contributed by atoms with van der Waals surface area (Å²) in [6.45, 7) is 1.86. The average molecular weight is 422 g/mol. The molecule has 0 radical (unpaired) electrons. The molecule has 1 amide bonds. The molecule has 0 aliphatic carbocycles. The molecule has 4 rings (SSSR count). The molecule has 0 bridgehead atoms. The fraction of sp³-hybridized carbons (Fsp3) is 0.158. The molecule has 3 aromatic heterocycles. The Morgan fingerprint density at radius 1 is 1.23 bits per heavy atom. The third-order valence-electron chi connectivity index (χ3n) is 4.30. The molecule has 0 aliphatic rings. The van der Waals surface area contributed by atoms with Gasteiger partial charge in [-0.05, 0) is 47.1 Å². The van der Waals surface area contributed by atoms with Crippen molar-refractivity contribution >= 4 is 28.8 Å². The van der Waals surface area contributed by atoms with Gasteiger partial charge in [-0.1, -0.05) is 41.6 Å². The molecule has 3 heterocycles. The van der Waals surface area contributed by atoms with Crippen LogP contribution in [0.5, 0.6) is 0 Å². The molecular formula is C19H18N8O2S. The van der Waals surface area contributed by atoms with Gasteiger partial charge in [0.2, 0.25) is 11.6 Å². The van der Waals surface area contributed by atoms with Gasteiger partial charge in [0, 0.05) is 5.71 Å². The van der Waals surface area contributed by atoms with Crippen molar-refractivity contribution in [1.82, 2.24) is 30.7 Å². The summed E-state index contributed by atoms with van der Waals surface area (Å²) < 4.78 is 5.98. The second-order valence-electron chi connectivity index (χ2n) is 6.42. The first-order valence-electron chi connectivity index (χ1n) is 9.09. The number of carbonyl (C=O) groups excluding carboxylic acids is 1. The van der Waals surface area contributed by atoms with E-state index in [0.29, 0.717) is 5.69 Å². The number of nitrogen functional groups attached to an aromatic ring is 1. The van der Waals surface area contributed by atoms with Crippen LogP contribution < -0.4 is 11.2 Å². The first-order chi connectivity index (χ1) is 14.6. The average Bonchev–Trinajstić information content (AvgIpc) is 3.51. The Hall–Kier alpha value is -3.86. The number of aromatic nitrogens is 5. The van der Waals surface area contributed by atoms with E-state index in [0.717, 1.165) is 23.4 Å². The number of aryl methyl sites for hydroxylation is 1. The molecule has 0 unspecified atom stereocenters. The van der Waals surface area contributed by atoms with E-state index >= 15 is 0 Å². The minimum absolute atomic E-state index is 0.0411. The molecular weight excluding hydrogens is 404 g/mol. The Labute approximate surface area is 175 Å². The molecule has 30 heavy (non-hydrogen) atoms. The summed E-state index contributed by atoms with van der Waals surface area (Å²) in [7, 11) is 0. The topological polar surface area (TPSA) is 137 Å². The number of carbonyl (C=O) groups is 1. The van der Waals surface area contributed by atoms with E-state index in [1.807, 2.05) is 42.6 Å². The highest BCUT2D eigenvalue weighted by atomic mass is 32.1. The lowest BCUT2D eigenvalue weighted by molar-refractivity contribution is 0.0950. The lowest BCUT2D eigenvalue weighted by atomic mass is 10.1. The smallest absolute Gasteiger partial charge is 0.294 e. The fourth-order valence-corrected chi connectivity index (χ4v) is 3.54. The third kappa shape index (κ3) is 4.10. The van der Waals surface area contributed by atoms with Crippen LogP contribution in [-0.2, 0) is 6.42 Å². The Morgan fingerprint density at radius 3 is 2.77 bits per heavy atom. The molecule has 11 heteroatoms. The molecule has 0 aliphatic heterocycles. The lowest BCUT2D eigenvalue weighted by Gasteiger charge is -2.04. The summed E-state index contributed by atoms with van der Waals surface area (Å²) in [6, 6.07) is 13.8. The molecule has 0 saturated heterocycles. The first-order valence-corrected chi connectivity index (χ1v) is 9.97. The van der Waals surface area contributed by atoms with E-state index in [1.165, 1.54) is 21.6 Å². The maximum Gasteiger partial charge on any atom is 0.294 e. The van der Waals surface area contributed by atoms with Crippen LogP contribution >= 0.6 is 11.3 Å². The van der Waals surface area contributed by atoms with Gasteiger partial charge in [0.05, 0.1) is 4.88 Å². The van der Waals surface area contributed by atoms with Gasteiger partial charge in [-0.15, -0.1) is 16.4 Å². The van der Waals surface area contributed by atoms with E-state index in [-0.39, 0.29) is 17.3 Å². The number of hydrogen-bond acceptors (Lipinski definition) is 9. The second kappa shape index (κ2) is 8.66. The van der Waals surface area contributed by atoms with Gasteiger partial charge < -0.3 is 5.73 Å². The Balaban J connectivity index is 1.54. The van der Waals surface area contributed by atoms with Crippen molar-refractivity contribution in [2.75, 3.05) is 5.73 Å². The SMILES string of the molecule is C/C(CCc1ccccc1)=N/NC(=O)c1nnn(-c2nonc2N)c1-c1cccs1. The molecule has 152 valence electrons. The Bertz CT molecular complexity index is 1160. The standard InChI is InChI=1S/C19H18N8O2S/c1-12(9-10-13-6-3-2-4-7-13)21-23-19(28)15-16(14-8-5-11-30-14)27(26-22-15)18-17(20)24-29-25-18/h2-8,11H,9-10H2,1H3,(H2,20,24)(H,23,28)/b21-12-. The van der Waals surface area contributed by atoms with Gasteiger partial charge in [-0.3, -0.25) is 4.79 Å². The fourth-order valence-electron chi connectivity index (χ4n) is 2.78. The van der Waals surface area contributed by atoms with Crippen molar-refractivity contribution in [3.63, 3.8) is 0 Å². The molecule has 3 N–H and O–H groups in total. The number of hydrazone groups is 1. The maximum absolute atomic E-state index is 12.8. The first kappa shape index (κ1) is 19.5. The van der Waals surface area contributed by atoms with Crippen LogP contribution in [0.3, 0.4) is 0 Å². The minimum Gasteiger partial charge on any atom is -0.378 e. The maximum atomic E-state index is 12.8. The van der Waals surface area contributed by atoms with Gasteiger partial charge in [0.1, 0.15) is 5.69 Å². The summed E-state index contributed by atoms with van der Waals surface area (Å²) in [5, 5.41) is 21.4. The number of rotatable bonds is 7. The van der Waals surface area contributed by atoms with Gasteiger partial charge in [-0.2, -0.15) is 9.78 Å². The number of thiophene rings is 1. The zero-order valence-electron chi connectivity index (χ0n) is 16.0. The van der Waals surface area contributed by atoms with Crippen LogP contribution in [-0.4, -0.2) is 36.9 Å². The van der Waals surface area contributed by atoms with E-state index in [4.69, 9.17) is 5.73 Å². The molecule has 10 nitrogen and oxygen atoms in total. The van der Waals surface area contributed by atoms with Crippen molar-refractivity contribution < 1.29 is 9.42 Å². The van der Waals surface area contributed by atoms with Gasteiger partial charge in [-0.25, -0.2) is 10.1 Å². The number of amides is 1. The highest BCUT2D eigenvalue weighted by Crippen LogP contribution is 2.29. The normalized spacial score (nSPS) is 11.6. The van der Waals surface area contributed by atoms with Crippen LogP contribution in [0.25, 0.3) is 16.4 Å². The van der Waals surface area contributed by atoms with Crippen LogP contribution in [0.15, 0.2) is 57.6 Å². The Morgan fingerprint density at radius 2 is 2.07 bits per heavy atom. The number of hydrogen-bond donors (Lipinski definition) is 2. The minimum atomic E-state index is -0.487. The van der Waals surface area contributed by atoms with Crippen molar-refractivity contribution in [3.8, 4) is 16.4 Å². The third-order valence-corrected chi connectivity index (χ3v) is 5.18. The van der Waals surface area contributed by atoms with E-state index in [2.05, 4.69) is 47.9 Å². The molecule has 0 saturated carbocycles. The number of nitrogens with one attached hydrogen (secondary N) is 1. The second-order valence-corrected chi connectivity index (χ2v) is 7.37. The van der Waals surface area contributed by atoms with E-state index in [1.54, 1.807) is 0 Å². The number of anilines is 1. The van der Waals surface area contributed by atoms with Gasteiger partial charge in [0.15, 0.2) is 5.69 Å². The monoisotopic (exact) mass is 422 g/mol. The van der Waals surface area contributed by atoms with Crippen LogP contribution in [0.2, 0.25) is 0 Å². The predicted molar refractivity (Wildman–Crippen MR) is 112 cm³/mol. The summed E-state index contributed by atoms with van der Waals surface area (Å²) in [5.41, 5.74) is 10.9. The van der Waals surface area contributed by atoms with Gasteiger partial charge >= 0.3 is 0 Å². The van der Waals surface area contributed by atoms with Crippen LogP contribution in [0, 0.1) is 0 Å². The number of nitrogens with two attached hydrogens (primary N) is 1. The quantitative estimate of drug-likeness (QED) is 0.345. The van der Waals surface area contributed by atoms with Gasteiger partial charge in [0.25, 0.3) is 5.91 Å². The van der Waals surface area contributed by atoms with Crippen LogP contribution in [0.4, 0.5) is 5.82 Å². The Kier molecular flexibility index (Phi) is 5.61. The van der Waals surface area contributed by atoms with E-state index in [9.17, 15) is 4.79 Å². The number of benzene rings is 1. The highest BCUT2D eigenvalue weighted by molar-refractivity contribution is 7.13. The van der Waals surface area contributed by atoms with Crippen molar-refractivity contribution in [1.29, 1.82) is 0 Å². The largest absolute Gasteiger partial charge is 0.378 e. The zero-order valence-corrected chi connectivity index (χ0v) is 16.8. The molecule has 4 aromatic rings. The summed E-state index contributed by atoms with van der Waals surface area (Å²) >= 11 is 1.42. The lowest BCUT2D eigenvalue weighted by Crippen LogP contribution is -2.20. The highest BCUT2D eigenvalue weighted by Gasteiger charge is 2.25. The predicted octanol–water partition coefficient (Wildman–Crippen LogP) is 2.70. The summed E-state index contributed by atoms with van der Waals surface area (Å²) in [4.78, 5) is 13.5. The van der Waals surface area contributed by atoms with E-state index < -0.39 is 5.91 Å². The zero-order chi connectivity index (χ0) is 20.9. The molecule has 0 fully saturated rings. The molecule has 0 atom stereocenters. The summed E-state index contributed by atoms with van der Waals surface area (Å²) in [5.74, 6) is -0.286. The van der Waals surface area contributed by atoms with Crippen molar-refractivity contribution in [3.05, 3.63) is 59.1 Å². The molecule has 0 spiro atoms. The number of nitrogens with zero attached hydrogens (tertiary/aromatic N) is 6.